The number of esters is 2. The van der Waals surface area contributed by atoms with Gasteiger partial charge in [0.15, 0.2) is 10.6 Å². The maximum absolute atomic E-state index is 13.0. The van der Waals surface area contributed by atoms with E-state index in [1.807, 2.05) is 24.3 Å². The Morgan fingerprint density at radius 3 is 2.89 bits per heavy atom. The first kappa shape index (κ1) is 17.7. The number of benzene rings is 1. The van der Waals surface area contributed by atoms with Crippen molar-refractivity contribution < 1.29 is 28.3 Å². The SMILES string of the molecule is CCOC(=O)c1ccoc1COC(=O)C12CCC(=O)N1c1ccccc1S2. The van der Waals surface area contributed by atoms with Crippen molar-refractivity contribution >= 4 is 35.3 Å². The van der Waals surface area contributed by atoms with E-state index in [1.165, 1.54) is 29.0 Å². The molecule has 7 nitrogen and oxygen atoms in total. The van der Waals surface area contributed by atoms with Gasteiger partial charge in [-0.25, -0.2) is 9.59 Å². The average molecular weight is 387 g/mol. The second-order valence-electron chi connectivity index (χ2n) is 6.14. The quantitative estimate of drug-likeness (QED) is 0.729. The predicted molar refractivity (Wildman–Crippen MR) is 96.2 cm³/mol. The van der Waals surface area contributed by atoms with E-state index in [0.29, 0.717) is 6.42 Å². The Labute approximate surface area is 159 Å². The second kappa shape index (κ2) is 6.77. The van der Waals surface area contributed by atoms with Crippen LogP contribution in [0.5, 0.6) is 0 Å². The Morgan fingerprint density at radius 1 is 1.26 bits per heavy atom. The summed E-state index contributed by atoms with van der Waals surface area (Å²) in [5, 5.41) is 0. The van der Waals surface area contributed by atoms with Crippen LogP contribution in [0.4, 0.5) is 5.69 Å². The molecule has 2 aliphatic rings. The highest BCUT2D eigenvalue weighted by atomic mass is 32.2. The van der Waals surface area contributed by atoms with E-state index in [1.54, 1.807) is 6.92 Å². The number of furan rings is 1. The van der Waals surface area contributed by atoms with E-state index in [9.17, 15) is 14.4 Å². The van der Waals surface area contributed by atoms with Crippen LogP contribution in [0.3, 0.4) is 0 Å². The molecule has 1 amide bonds. The van der Waals surface area contributed by atoms with Crippen molar-refractivity contribution in [3.8, 4) is 0 Å². The number of hydrogen-bond donors (Lipinski definition) is 0. The zero-order valence-corrected chi connectivity index (χ0v) is 15.4. The second-order valence-corrected chi connectivity index (χ2v) is 7.46. The Hall–Kier alpha value is -2.74. The summed E-state index contributed by atoms with van der Waals surface area (Å²) in [4.78, 5) is 38.6. The third-order valence-electron chi connectivity index (χ3n) is 4.57. The normalized spacial score (nSPS) is 20.3. The molecule has 1 saturated heterocycles. The van der Waals surface area contributed by atoms with Gasteiger partial charge in [0.05, 0.1) is 18.6 Å². The molecule has 0 aliphatic carbocycles. The Balaban J connectivity index is 1.54. The van der Waals surface area contributed by atoms with E-state index in [4.69, 9.17) is 13.9 Å². The van der Waals surface area contributed by atoms with Crippen LogP contribution in [0.1, 0.15) is 35.9 Å². The van der Waals surface area contributed by atoms with Crippen molar-refractivity contribution in [3.63, 3.8) is 0 Å². The molecule has 4 rings (SSSR count). The monoisotopic (exact) mass is 387 g/mol. The van der Waals surface area contributed by atoms with Gasteiger partial charge >= 0.3 is 11.9 Å². The average Bonchev–Trinajstić information content (AvgIpc) is 3.34. The molecule has 2 aromatic rings. The van der Waals surface area contributed by atoms with Gasteiger partial charge in [-0.1, -0.05) is 23.9 Å². The minimum Gasteiger partial charge on any atom is -0.465 e. The third-order valence-corrected chi connectivity index (χ3v) is 6.02. The third kappa shape index (κ3) is 2.80. The van der Waals surface area contributed by atoms with Crippen molar-refractivity contribution in [2.24, 2.45) is 0 Å². The molecule has 1 aromatic carbocycles. The van der Waals surface area contributed by atoms with Gasteiger partial charge < -0.3 is 13.9 Å². The fraction of sp³-hybridized carbons (Fsp3) is 0.316. The lowest BCUT2D eigenvalue weighted by Gasteiger charge is -2.28. The van der Waals surface area contributed by atoms with Gasteiger partial charge in [0.25, 0.3) is 0 Å². The number of fused-ring (bicyclic) bond motifs is 3. The molecule has 1 aromatic heterocycles. The Bertz CT molecular complexity index is 922. The number of carbonyl (C=O) groups is 3. The maximum atomic E-state index is 13.0. The summed E-state index contributed by atoms with van der Waals surface area (Å²) < 4.78 is 15.7. The van der Waals surface area contributed by atoms with E-state index in [0.717, 1.165) is 10.6 Å². The first-order valence-corrected chi connectivity index (χ1v) is 9.40. The van der Waals surface area contributed by atoms with Crippen LogP contribution < -0.4 is 4.90 Å². The van der Waals surface area contributed by atoms with Gasteiger partial charge in [-0.15, -0.1) is 0 Å². The number of thioether (sulfide) groups is 1. The highest BCUT2D eigenvalue weighted by Gasteiger charge is 2.58. The summed E-state index contributed by atoms with van der Waals surface area (Å²) in [7, 11) is 0. The van der Waals surface area contributed by atoms with Crippen molar-refractivity contribution in [1.29, 1.82) is 0 Å². The molecule has 27 heavy (non-hydrogen) atoms. The van der Waals surface area contributed by atoms with Crippen LogP contribution in [0, 0.1) is 0 Å². The Morgan fingerprint density at radius 2 is 2.07 bits per heavy atom. The van der Waals surface area contributed by atoms with Gasteiger partial charge in [-0.2, -0.15) is 0 Å². The van der Waals surface area contributed by atoms with Crippen LogP contribution in [-0.4, -0.2) is 29.3 Å². The first-order chi connectivity index (χ1) is 13.1. The molecule has 0 saturated carbocycles. The van der Waals surface area contributed by atoms with Crippen molar-refractivity contribution in [2.75, 3.05) is 11.5 Å². The largest absolute Gasteiger partial charge is 0.465 e. The molecule has 8 heteroatoms. The Kier molecular flexibility index (Phi) is 4.43. The molecular weight excluding hydrogens is 370 g/mol. The van der Waals surface area contributed by atoms with Crippen molar-refractivity contribution in [1.82, 2.24) is 0 Å². The minimum atomic E-state index is -1.10. The van der Waals surface area contributed by atoms with Gasteiger partial charge in [-0.05, 0) is 25.1 Å². The van der Waals surface area contributed by atoms with Crippen LogP contribution >= 0.6 is 11.8 Å². The molecule has 1 atom stereocenters. The number of rotatable bonds is 5. The molecule has 0 radical (unpaired) electrons. The maximum Gasteiger partial charge on any atom is 0.343 e. The molecule has 140 valence electrons. The van der Waals surface area contributed by atoms with Gasteiger partial charge in [-0.3, -0.25) is 9.69 Å². The minimum absolute atomic E-state index is 0.102. The highest BCUT2D eigenvalue weighted by molar-refractivity contribution is 8.02. The lowest BCUT2D eigenvalue weighted by atomic mass is 10.2. The molecule has 2 aliphatic heterocycles. The van der Waals surface area contributed by atoms with E-state index in [-0.39, 0.29) is 36.9 Å². The highest BCUT2D eigenvalue weighted by Crippen LogP contribution is 2.56. The van der Waals surface area contributed by atoms with Crippen LogP contribution in [0.2, 0.25) is 0 Å². The lowest BCUT2D eigenvalue weighted by Crippen LogP contribution is -2.47. The topological polar surface area (TPSA) is 86.0 Å². The van der Waals surface area contributed by atoms with E-state index >= 15 is 0 Å². The van der Waals surface area contributed by atoms with Crippen LogP contribution in [-0.2, 0) is 25.7 Å². The lowest BCUT2D eigenvalue weighted by molar-refractivity contribution is -0.148. The fourth-order valence-electron chi connectivity index (χ4n) is 3.36. The number of ether oxygens (including phenoxy) is 2. The predicted octanol–water partition coefficient (Wildman–Crippen LogP) is 3.13. The van der Waals surface area contributed by atoms with Crippen molar-refractivity contribution in [3.05, 3.63) is 47.9 Å². The molecule has 1 fully saturated rings. The molecule has 0 bridgehead atoms. The molecular formula is C19H17NO6S. The van der Waals surface area contributed by atoms with Gasteiger partial charge in [0.2, 0.25) is 5.91 Å². The zero-order valence-electron chi connectivity index (χ0n) is 14.6. The number of carbonyl (C=O) groups excluding carboxylic acids is 3. The summed E-state index contributed by atoms with van der Waals surface area (Å²) in [6, 6.07) is 8.88. The number of nitrogens with zero attached hydrogens (tertiary/aromatic N) is 1. The van der Waals surface area contributed by atoms with Gasteiger partial charge in [0, 0.05) is 17.7 Å². The molecule has 0 spiro atoms. The van der Waals surface area contributed by atoms with E-state index in [2.05, 4.69) is 0 Å². The number of para-hydroxylation sites is 1. The summed E-state index contributed by atoms with van der Waals surface area (Å²) in [5.41, 5.74) is 0.955. The van der Waals surface area contributed by atoms with Crippen LogP contribution in [0.15, 0.2) is 45.9 Å². The van der Waals surface area contributed by atoms with Crippen molar-refractivity contribution in [2.45, 2.75) is 36.1 Å². The van der Waals surface area contributed by atoms with Crippen LogP contribution in [0.25, 0.3) is 0 Å². The standard InChI is InChI=1S/C19H17NO6S/c1-2-24-17(22)12-8-10-25-14(12)11-26-18(23)19-9-7-16(21)20(19)13-5-3-4-6-15(13)27-19/h3-6,8,10H,2,7,9,11H2,1H3. The van der Waals surface area contributed by atoms with Gasteiger partial charge in [0.1, 0.15) is 12.2 Å². The number of amides is 1. The van der Waals surface area contributed by atoms with E-state index < -0.39 is 16.8 Å². The number of anilines is 1. The summed E-state index contributed by atoms with van der Waals surface area (Å²) in [5.74, 6) is -0.944. The summed E-state index contributed by atoms with van der Waals surface area (Å²) >= 11 is 1.33. The number of hydrogen-bond acceptors (Lipinski definition) is 7. The fourth-order valence-corrected chi connectivity index (χ4v) is 4.77. The first-order valence-electron chi connectivity index (χ1n) is 8.58. The summed E-state index contributed by atoms with van der Waals surface area (Å²) in [6.45, 7) is 1.73. The summed E-state index contributed by atoms with van der Waals surface area (Å²) in [6.07, 6.45) is 2.00. The smallest absolute Gasteiger partial charge is 0.343 e. The molecule has 3 heterocycles. The zero-order chi connectivity index (χ0) is 19.0. The molecule has 0 N–H and O–H groups in total. The molecule has 1 unspecified atom stereocenters.